The van der Waals surface area contributed by atoms with E-state index in [1.54, 1.807) is 0 Å². The first-order chi connectivity index (χ1) is 12.3. The SMILES string of the molecule is COc1cc(C(=O)NCc2cccc(C(F)(F)F)c2)cc(OC)c1OC. The second kappa shape index (κ2) is 7.99. The molecule has 0 saturated heterocycles. The maximum Gasteiger partial charge on any atom is 0.416 e. The number of nitrogens with one attached hydrogen (secondary N) is 1. The van der Waals surface area contributed by atoms with Gasteiger partial charge in [-0.15, -0.1) is 0 Å². The fourth-order valence-electron chi connectivity index (χ4n) is 2.35. The van der Waals surface area contributed by atoms with Crippen molar-refractivity contribution < 1.29 is 32.2 Å². The Balaban J connectivity index is 2.18. The molecule has 8 heteroatoms. The molecule has 26 heavy (non-hydrogen) atoms. The summed E-state index contributed by atoms with van der Waals surface area (Å²) in [4.78, 5) is 12.4. The van der Waals surface area contributed by atoms with E-state index in [2.05, 4.69) is 5.32 Å². The van der Waals surface area contributed by atoms with Crippen LogP contribution in [0, 0.1) is 0 Å². The van der Waals surface area contributed by atoms with Gasteiger partial charge in [-0.25, -0.2) is 0 Å². The van der Waals surface area contributed by atoms with Gasteiger partial charge in [-0.2, -0.15) is 13.2 Å². The molecule has 0 aliphatic rings. The monoisotopic (exact) mass is 369 g/mol. The lowest BCUT2D eigenvalue weighted by Crippen LogP contribution is -2.23. The van der Waals surface area contributed by atoms with Crippen LogP contribution in [0.2, 0.25) is 0 Å². The smallest absolute Gasteiger partial charge is 0.416 e. The Morgan fingerprint density at radius 3 is 2.12 bits per heavy atom. The number of benzene rings is 2. The summed E-state index contributed by atoms with van der Waals surface area (Å²) in [5.41, 5.74) is -0.205. The zero-order valence-corrected chi connectivity index (χ0v) is 14.4. The van der Waals surface area contributed by atoms with Gasteiger partial charge in [0, 0.05) is 12.1 Å². The number of hydrogen-bond donors (Lipinski definition) is 1. The lowest BCUT2D eigenvalue weighted by molar-refractivity contribution is -0.137. The second-order valence-corrected chi connectivity index (χ2v) is 5.29. The van der Waals surface area contributed by atoms with Crippen molar-refractivity contribution in [1.29, 1.82) is 0 Å². The van der Waals surface area contributed by atoms with Crippen LogP contribution in [0.4, 0.5) is 13.2 Å². The van der Waals surface area contributed by atoms with Crippen molar-refractivity contribution in [2.24, 2.45) is 0 Å². The number of methoxy groups -OCH3 is 3. The van der Waals surface area contributed by atoms with E-state index in [1.165, 1.54) is 45.6 Å². The predicted molar refractivity (Wildman–Crippen MR) is 88.7 cm³/mol. The van der Waals surface area contributed by atoms with E-state index in [0.29, 0.717) is 22.8 Å². The van der Waals surface area contributed by atoms with E-state index in [9.17, 15) is 18.0 Å². The van der Waals surface area contributed by atoms with Crippen LogP contribution in [0.25, 0.3) is 0 Å². The van der Waals surface area contributed by atoms with E-state index in [1.807, 2.05) is 0 Å². The molecule has 0 radical (unpaired) electrons. The van der Waals surface area contributed by atoms with Crippen molar-refractivity contribution in [2.75, 3.05) is 21.3 Å². The number of carbonyl (C=O) groups excluding carboxylic acids is 1. The largest absolute Gasteiger partial charge is 0.493 e. The lowest BCUT2D eigenvalue weighted by atomic mass is 10.1. The molecule has 2 aromatic carbocycles. The molecule has 2 rings (SSSR count). The van der Waals surface area contributed by atoms with Crippen LogP contribution >= 0.6 is 0 Å². The molecule has 0 aliphatic heterocycles. The Morgan fingerprint density at radius 1 is 1.00 bits per heavy atom. The fraction of sp³-hybridized carbons (Fsp3) is 0.278. The molecule has 0 saturated carbocycles. The zero-order valence-electron chi connectivity index (χ0n) is 14.4. The first-order valence-corrected chi connectivity index (χ1v) is 7.54. The highest BCUT2D eigenvalue weighted by atomic mass is 19.4. The zero-order chi connectivity index (χ0) is 19.3. The van der Waals surface area contributed by atoms with Crippen molar-refractivity contribution in [3.05, 3.63) is 53.1 Å². The average Bonchev–Trinajstić information content (AvgIpc) is 2.64. The number of halogens is 3. The van der Waals surface area contributed by atoms with Gasteiger partial charge in [0.05, 0.1) is 26.9 Å². The van der Waals surface area contributed by atoms with Crippen LogP contribution in [0.3, 0.4) is 0 Å². The van der Waals surface area contributed by atoms with Gasteiger partial charge in [0.15, 0.2) is 11.5 Å². The maximum atomic E-state index is 12.7. The topological polar surface area (TPSA) is 56.8 Å². The third kappa shape index (κ3) is 4.38. The van der Waals surface area contributed by atoms with Gasteiger partial charge in [-0.1, -0.05) is 12.1 Å². The molecule has 0 atom stereocenters. The summed E-state index contributed by atoms with van der Waals surface area (Å²) in [6.07, 6.45) is -4.43. The maximum absolute atomic E-state index is 12.7. The number of carbonyl (C=O) groups is 1. The normalized spacial score (nSPS) is 11.0. The number of amides is 1. The molecule has 0 bridgehead atoms. The van der Waals surface area contributed by atoms with Gasteiger partial charge >= 0.3 is 6.18 Å². The summed E-state index contributed by atoms with van der Waals surface area (Å²) in [5.74, 6) is 0.457. The highest BCUT2D eigenvalue weighted by Crippen LogP contribution is 2.38. The quantitative estimate of drug-likeness (QED) is 0.844. The number of hydrogen-bond acceptors (Lipinski definition) is 4. The summed E-state index contributed by atoms with van der Waals surface area (Å²) in [5, 5.41) is 2.58. The summed E-state index contributed by atoms with van der Waals surface area (Å²) >= 11 is 0. The number of alkyl halides is 3. The molecule has 140 valence electrons. The minimum Gasteiger partial charge on any atom is -0.493 e. The van der Waals surface area contributed by atoms with E-state index in [-0.39, 0.29) is 12.1 Å². The lowest BCUT2D eigenvalue weighted by Gasteiger charge is -2.14. The summed E-state index contributed by atoms with van der Waals surface area (Å²) in [6, 6.07) is 7.69. The van der Waals surface area contributed by atoms with Crippen molar-refractivity contribution in [3.63, 3.8) is 0 Å². The number of rotatable bonds is 6. The molecule has 0 fully saturated rings. The highest BCUT2D eigenvalue weighted by molar-refractivity contribution is 5.95. The summed E-state index contributed by atoms with van der Waals surface area (Å²) < 4.78 is 53.8. The van der Waals surface area contributed by atoms with Crippen molar-refractivity contribution in [1.82, 2.24) is 5.32 Å². The van der Waals surface area contributed by atoms with Crippen LogP contribution in [0.5, 0.6) is 17.2 Å². The van der Waals surface area contributed by atoms with Gasteiger partial charge in [-0.05, 0) is 29.8 Å². The summed E-state index contributed by atoms with van der Waals surface area (Å²) in [7, 11) is 4.27. The molecule has 0 heterocycles. The van der Waals surface area contributed by atoms with Crippen molar-refractivity contribution in [2.45, 2.75) is 12.7 Å². The first kappa shape index (κ1) is 19.4. The molecule has 0 unspecified atom stereocenters. The molecule has 0 aromatic heterocycles. The molecular formula is C18H18F3NO4. The molecule has 2 aromatic rings. The molecule has 1 N–H and O–H groups in total. The van der Waals surface area contributed by atoms with Gasteiger partial charge in [0.1, 0.15) is 0 Å². The molecular weight excluding hydrogens is 351 g/mol. The van der Waals surface area contributed by atoms with E-state index in [4.69, 9.17) is 14.2 Å². The van der Waals surface area contributed by atoms with Crippen LogP contribution in [-0.4, -0.2) is 27.2 Å². The van der Waals surface area contributed by atoms with Crippen LogP contribution in [0.15, 0.2) is 36.4 Å². The van der Waals surface area contributed by atoms with Gasteiger partial charge in [0.25, 0.3) is 5.91 Å². The Hall–Kier alpha value is -2.90. The van der Waals surface area contributed by atoms with Crippen LogP contribution in [-0.2, 0) is 12.7 Å². The van der Waals surface area contributed by atoms with E-state index in [0.717, 1.165) is 12.1 Å². The molecule has 5 nitrogen and oxygen atoms in total. The first-order valence-electron chi connectivity index (χ1n) is 7.54. The van der Waals surface area contributed by atoms with Crippen molar-refractivity contribution in [3.8, 4) is 17.2 Å². The Morgan fingerprint density at radius 2 is 1.62 bits per heavy atom. The second-order valence-electron chi connectivity index (χ2n) is 5.29. The molecule has 1 amide bonds. The number of ether oxygens (including phenoxy) is 3. The minimum atomic E-state index is -4.43. The molecule has 0 spiro atoms. The van der Waals surface area contributed by atoms with Gasteiger partial charge in [-0.3, -0.25) is 4.79 Å². The predicted octanol–water partition coefficient (Wildman–Crippen LogP) is 3.66. The third-order valence-corrected chi connectivity index (χ3v) is 3.63. The Kier molecular flexibility index (Phi) is 5.97. The third-order valence-electron chi connectivity index (χ3n) is 3.63. The van der Waals surface area contributed by atoms with E-state index >= 15 is 0 Å². The van der Waals surface area contributed by atoms with Crippen LogP contribution < -0.4 is 19.5 Å². The van der Waals surface area contributed by atoms with Crippen molar-refractivity contribution >= 4 is 5.91 Å². The minimum absolute atomic E-state index is 0.0561. The van der Waals surface area contributed by atoms with Gasteiger partial charge < -0.3 is 19.5 Å². The summed E-state index contributed by atoms with van der Waals surface area (Å²) in [6.45, 7) is -0.0561. The van der Waals surface area contributed by atoms with Gasteiger partial charge in [0.2, 0.25) is 5.75 Å². The Bertz CT molecular complexity index is 765. The highest BCUT2D eigenvalue weighted by Gasteiger charge is 2.30. The molecule has 0 aliphatic carbocycles. The average molecular weight is 369 g/mol. The van der Waals surface area contributed by atoms with Crippen LogP contribution in [0.1, 0.15) is 21.5 Å². The Labute approximate surface area is 148 Å². The standard InChI is InChI=1S/C18H18F3NO4/c1-24-14-8-12(9-15(25-2)16(14)26-3)17(23)22-10-11-5-4-6-13(7-11)18(19,20)21/h4-9H,10H2,1-3H3,(H,22,23). The fourth-order valence-corrected chi connectivity index (χ4v) is 2.35. The van der Waals surface area contributed by atoms with E-state index < -0.39 is 17.6 Å².